The van der Waals surface area contributed by atoms with Gasteiger partial charge in [-0.05, 0) is 270 Å². The molecule has 1 saturated heterocycles. The highest BCUT2D eigenvalue weighted by Gasteiger charge is 2.52. The summed E-state index contributed by atoms with van der Waals surface area (Å²) in [5.74, 6) is 1.26. The lowest BCUT2D eigenvalue weighted by molar-refractivity contribution is 0.00578. The normalized spacial score (nSPS) is 15.5. The Kier molecular flexibility index (Phi) is 24.6. The zero-order valence-electron chi connectivity index (χ0n) is 73.1. The number of ether oxygens (including phenoxy) is 1. The molecular formula is C116H100BBr2O5PS3. The molecule has 23 rings (SSSR count). The highest BCUT2D eigenvalue weighted by Crippen LogP contribution is 2.57. The predicted molar refractivity (Wildman–Crippen MR) is 554 cm³/mol. The largest absolute Gasteiger partial charge is 0.496 e. The third-order valence-electron chi connectivity index (χ3n) is 27.5. The number of halogens is 2. The van der Waals surface area contributed by atoms with E-state index in [-0.39, 0.29) is 37.8 Å². The van der Waals surface area contributed by atoms with Crippen LogP contribution in [0.25, 0.3) is 127 Å². The molecule has 3 fully saturated rings. The first kappa shape index (κ1) is 85.6. The van der Waals surface area contributed by atoms with E-state index in [1.54, 1.807) is 5.30 Å². The molecule has 0 bridgehead atoms. The Morgan fingerprint density at radius 1 is 0.344 bits per heavy atom. The van der Waals surface area contributed by atoms with Gasteiger partial charge in [-0.1, -0.05) is 321 Å². The number of thiophene rings is 3. The van der Waals surface area contributed by atoms with E-state index < -0.39 is 0 Å². The molecule has 0 N–H and O–H groups in total. The Morgan fingerprint density at radius 2 is 0.695 bits per heavy atom. The van der Waals surface area contributed by atoms with E-state index in [4.69, 9.17) is 14.0 Å². The van der Waals surface area contributed by atoms with Crippen LogP contribution in [0.2, 0.25) is 0 Å². The molecule has 4 aliphatic carbocycles. The molecule has 5 aliphatic rings. The van der Waals surface area contributed by atoms with Crippen LogP contribution in [0.5, 0.6) is 5.75 Å². The summed E-state index contributed by atoms with van der Waals surface area (Å²) in [6.45, 7) is 10.6. The van der Waals surface area contributed by atoms with Crippen molar-refractivity contribution in [3.05, 3.63) is 374 Å². The molecule has 2 saturated carbocycles. The molecule has 0 unspecified atom stereocenters. The minimum absolute atomic E-state index is 0.110. The third-order valence-corrected chi connectivity index (χ3v) is 35.7. The van der Waals surface area contributed by atoms with Crippen LogP contribution in [0.4, 0.5) is 0 Å². The van der Waals surface area contributed by atoms with Crippen LogP contribution in [-0.4, -0.2) is 48.3 Å². The minimum Gasteiger partial charge on any atom is -0.496 e. The van der Waals surface area contributed by atoms with E-state index in [0.717, 1.165) is 124 Å². The second-order valence-corrected chi connectivity index (χ2v) is 43.6. The van der Waals surface area contributed by atoms with E-state index >= 15 is 0 Å². The van der Waals surface area contributed by atoms with Gasteiger partial charge in [0.1, 0.15) is 5.75 Å². The molecule has 12 heteroatoms. The number of hydrogen-bond acceptors (Lipinski definition) is 8. The fraction of sp³-hybridized carbons (Fsp3) is 0.207. The fourth-order valence-electron chi connectivity index (χ4n) is 20.1. The quantitative estimate of drug-likeness (QED) is 0.0954. The monoisotopic (exact) mass is 1870 g/mol. The smallest absolute Gasteiger partial charge is 0.494 e. The number of ketones is 2. The van der Waals surface area contributed by atoms with Crippen LogP contribution >= 0.6 is 73.8 Å². The third kappa shape index (κ3) is 17.0. The van der Waals surface area contributed by atoms with Gasteiger partial charge in [-0.3, -0.25) is 9.59 Å². The summed E-state index contributed by atoms with van der Waals surface area (Å²) in [7, 11) is 1.35. The van der Waals surface area contributed by atoms with Gasteiger partial charge in [0.05, 0.1) is 18.3 Å². The summed E-state index contributed by atoms with van der Waals surface area (Å²) in [5.41, 5.74) is 25.8. The summed E-state index contributed by atoms with van der Waals surface area (Å²) >= 11 is 12.4. The highest BCUT2D eigenvalue weighted by molar-refractivity contribution is 9.10. The Bertz CT molecular complexity index is 7000. The molecule has 15 aromatic carbocycles. The van der Waals surface area contributed by atoms with Gasteiger partial charge < -0.3 is 14.0 Å². The number of aryl methyl sites for hydroxylation is 5. The van der Waals surface area contributed by atoms with Crippen LogP contribution < -0.4 is 15.5 Å². The van der Waals surface area contributed by atoms with E-state index in [1.165, 1.54) is 175 Å². The Morgan fingerprint density at radius 3 is 1.14 bits per heavy atom. The molecule has 634 valence electrons. The summed E-state index contributed by atoms with van der Waals surface area (Å²) in [4.78, 5) is 27.1. The lowest BCUT2D eigenvalue weighted by Gasteiger charge is -2.39. The highest BCUT2D eigenvalue weighted by atomic mass is 79.9. The van der Waals surface area contributed by atoms with Gasteiger partial charge >= 0.3 is 7.12 Å². The van der Waals surface area contributed by atoms with Crippen LogP contribution in [0, 0.1) is 6.92 Å². The number of fused-ring (bicyclic) bond motifs is 13. The molecular weight excluding hydrogens is 1770 g/mol. The second-order valence-electron chi connectivity index (χ2n) is 35.9. The number of carbonyl (C=O) groups is 2. The van der Waals surface area contributed by atoms with E-state index in [1.807, 2.05) is 77.5 Å². The number of rotatable bonds is 11. The fourth-order valence-corrected chi connectivity index (χ4v) is 28.5. The zero-order chi connectivity index (χ0) is 87.3. The van der Waals surface area contributed by atoms with Gasteiger partial charge in [-0.25, -0.2) is 0 Å². The molecule has 0 radical (unpaired) electrons. The van der Waals surface area contributed by atoms with Crippen LogP contribution in [0.1, 0.15) is 152 Å². The summed E-state index contributed by atoms with van der Waals surface area (Å²) in [5, 5.41) is 9.51. The maximum Gasteiger partial charge on any atom is 0.494 e. The van der Waals surface area contributed by atoms with Gasteiger partial charge in [-0.15, -0.1) is 34.0 Å². The van der Waals surface area contributed by atoms with Crippen molar-refractivity contribution in [1.29, 1.82) is 0 Å². The molecule has 0 amide bonds. The van der Waals surface area contributed by atoms with E-state index in [0.29, 0.717) is 0 Å². The summed E-state index contributed by atoms with van der Waals surface area (Å²) in [6.07, 6.45) is 17.9. The van der Waals surface area contributed by atoms with Crippen molar-refractivity contribution in [2.24, 2.45) is 0 Å². The molecule has 5 nitrogen and oxygen atoms in total. The maximum absolute atomic E-state index is 14.5. The number of methoxy groups -OCH3 is 1. The standard InChI is InChI=1S/C51H32OS2.C26H35OP.C24H23BO2S.C15H10Br2O/c52-49-45-29-35(33-9-5-11-37(27-33)39-15-7-17-43-41-13-1-3-19-47(41)53-50(39)43)25-23-31(45)21-22-32-24-26-36(30-46(32)49)34-10-6-12-38(28-34)40-16-8-18-44-42-14-2-4-20-48(42)54-51(40)44;1-20-12-11-18-24(27-2)26(20)23-17-9-10-19-25(23)28(21-13-5-3-6-14-21)22-15-7-4-8-16-22;1-23(2)24(3,4)27-25(26-23)17-10-7-9-16(15-17)18-12-8-13-20-19-11-5-6-14-21(19)28-22(18)20;16-11-5-3-9-1-2-10-4-6-12(17)8-14(10)15(18)13(9)7-11/h1-20,23-30H,21-22H2;9-12,17-19,21-22H,3-8,13-16H2,1-2H3;5-15H,1-4H3;3-8H,1-2H2. The lowest BCUT2D eigenvalue weighted by Crippen LogP contribution is -2.41. The number of hydrogen-bond donors (Lipinski definition) is 0. The van der Waals surface area contributed by atoms with E-state index in [9.17, 15) is 9.59 Å². The van der Waals surface area contributed by atoms with Crippen molar-refractivity contribution in [2.45, 2.75) is 147 Å². The van der Waals surface area contributed by atoms with Crippen LogP contribution in [0.15, 0.2) is 324 Å². The Hall–Kier alpha value is -10.5. The topological polar surface area (TPSA) is 61.8 Å². The summed E-state index contributed by atoms with van der Waals surface area (Å²) < 4.78 is 28.1. The first-order valence-electron chi connectivity index (χ1n) is 45.3. The molecule has 18 aromatic rings. The predicted octanol–water partition coefficient (Wildman–Crippen LogP) is 32.4. The molecule has 4 heterocycles. The number of carbonyl (C=O) groups excluding carboxylic acids is 2. The van der Waals surface area contributed by atoms with Gasteiger partial charge in [0.15, 0.2) is 11.6 Å². The van der Waals surface area contributed by atoms with Crippen molar-refractivity contribution < 1.29 is 23.6 Å². The van der Waals surface area contributed by atoms with Gasteiger partial charge in [0.25, 0.3) is 0 Å². The minimum atomic E-state index is -0.341. The van der Waals surface area contributed by atoms with Crippen LogP contribution in [-0.2, 0) is 35.0 Å². The molecule has 0 atom stereocenters. The average molecular weight is 1870 g/mol. The van der Waals surface area contributed by atoms with Gasteiger partial charge in [0.2, 0.25) is 0 Å². The summed E-state index contributed by atoms with van der Waals surface area (Å²) in [6, 6.07) is 113. The average Bonchev–Trinajstić information content (AvgIpc) is 1.67. The van der Waals surface area contributed by atoms with Gasteiger partial charge in [0, 0.05) is 97.3 Å². The van der Waals surface area contributed by atoms with Crippen molar-refractivity contribution in [3.8, 4) is 72.5 Å². The first-order chi connectivity index (χ1) is 62.5. The molecule has 1 aliphatic heterocycles. The molecule has 128 heavy (non-hydrogen) atoms. The second kappa shape index (κ2) is 36.8. The van der Waals surface area contributed by atoms with Crippen molar-refractivity contribution in [2.75, 3.05) is 7.11 Å². The number of benzene rings is 15. The zero-order valence-corrected chi connectivity index (χ0v) is 79.6. The SMILES string of the molecule is CC1(C)OB(c2cccc(-c3cccc4c3sc3ccccc34)c2)OC1(C)C.COc1cccc(C)c1-c1ccccc1P(C1CCCCC1)C1CCCCC1.O=C1c2cc(-c3cccc(-c4cccc5c4sc4ccccc45)c3)ccc2CCc2ccc(-c3cccc(-c4cccc5c4sc4ccccc45)c3)cc21.O=C1c2cc(Br)ccc2CCc2ccc(Br)cc21. The lowest BCUT2D eigenvalue weighted by atomic mass is 9.78. The van der Waals surface area contributed by atoms with Crippen molar-refractivity contribution in [3.63, 3.8) is 0 Å². The first-order valence-corrected chi connectivity index (χ1v) is 50.8. The molecule has 3 aromatic heterocycles. The van der Waals surface area contributed by atoms with E-state index in [2.05, 4.69) is 346 Å². The van der Waals surface area contributed by atoms with Gasteiger partial charge in [-0.2, -0.15) is 0 Å². The van der Waals surface area contributed by atoms with Crippen molar-refractivity contribution in [1.82, 2.24) is 0 Å². The Balaban J connectivity index is 0.000000117. The Labute approximate surface area is 781 Å². The van der Waals surface area contributed by atoms with Crippen LogP contribution in [0.3, 0.4) is 0 Å². The van der Waals surface area contributed by atoms with Crippen molar-refractivity contribution >= 4 is 164 Å². The maximum atomic E-state index is 14.5. The molecule has 0 spiro atoms.